The van der Waals surface area contributed by atoms with E-state index in [1.807, 2.05) is 0 Å². The molecule has 112 valence electrons. The summed E-state index contributed by atoms with van der Waals surface area (Å²) in [5.41, 5.74) is 0. The molecular weight excluding hydrogens is 232 g/mol. The molecule has 0 heterocycles. The van der Waals surface area contributed by atoms with E-state index in [0.29, 0.717) is 6.04 Å². The van der Waals surface area contributed by atoms with E-state index in [1.54, 1.807) is 0 Å². The summed E-state index contributed by atoms with van der Waals surface area (Å²) in [5, 5.41) is 3.60. The molecule has 0 spiro atoms. The highest BCUT2D eigenvalue weighted by molar-refractivity contribution is 4.90. The monoisotopic (exact) mass is 266 g/mol. The summed E-state index contributed by atoms with van der Waals surface area (Å²) in [4.78, 5) is 2.75. The zero-order valence-corrected chi connectivity index (χ0v) is 13.7. The fraction of sp³-hybridized carbons (Fsp3) is 1.00. The van der Waals surface area contributed by atoms with E-state index in [9.17, 15) is 0 Å². The van der Waals surface area contributed by atoms with Crippen molar-refractivity contribution in [1.82, 2.24) is 10.2 Å². The SMILES string of the molecule is CNC1CC(C)CC(C)C1CN(CC1CC1)C(C)C. The van der Waals surface area contributed by atoms with E-state index in [2.05, 4.69) is 45.0 Å². The first-order valence-corrected chi connectivity index (χ1v) is 8.42. The summed E-state index contributed by atoms with van der Waals surface area (Å²) in [6.45, 7) is 12.3. The molecule has 0 bridgehead atoms. The van der Waals surface area contributed by atoms with Gasteiger partial charge in [0.25, 0.3) is 0 Å². The maximum atomic E-state index is 3.60. The largest absolute Gasteiger partial charge is 0.317 e. The van der Waals surface area contributed by atoms with Gasteiger partial charge in [-0.15, -0.1) is 0 Å². The minimum Gasteiger partial charge on any atom is -0.317 e. The Balaban J connectivity index is 1.96. The summed E-state index contributed by atoms with van der Waals surface area (Å²) in [6.07, 6.45) is 5.71. The first kappa shape index (κ1) is 15.3. The predicted octanol–water partition coefficient (Wildman–Crippen LogP) is 3.38. The molecule has 0 radical (unpaired) electrons. The normalized spacial score (nSPS) is 36.2. The summed E-state index contributed by atoms with van der Waals surface area (Å²) in [5.74, 6) is 3.59. The Morgan fingerprint density at radius 1 is 1.11 bits per heavy atom. The Kier molecular flexibility index (Phi) is 5.30. The molecule has 0 aliphatic heterocycles. The van der Waals surface area contributed by atoms with Gasteiger partial charge in [-0.25, -0.2) is 0 Å². The number of hydrogen-bond acceptors (Lipinski definition) is 2. The van der Waals surface area contributed by atoms with Gasteiger partial charge < -0.3 is 10.2 Å². The van der Waals surface area contributed by atoms with Crippen LogP contribution in [0.5, 0.6) is 0 Å². The van der Waals surface area contributed by atoms with Crippen LogP contribution >= 0.6 is 0 Å². The predicted molar refractivity (Wildman–Crippen MR) is 83.3 cm³/mol. The second kappa shape index (κ2) is 6.58. The van der Waals surface area contributed by atoms with E-state index < -0.39 is 0 Å². The van der Waals surface area contributed by atoms with Crippen molar-refractivity contribution >= 4 is 0 Å². The molecule has 0 aromatic rings. The van der Waals surface area contributed by atoms with Crippen LogP contribution in [0.2, 0.25) is 0 Å². The first-order valence-electron chi connectivity index (χ1n) is 8.42. The van der Waals surface area contributed by atoms with E-state index in [0.717, 1.165) is 29.7 Å². The molecule has 0 amide bonds. The van der Waals surface area contributed by atoms with Crippen molar-refractivity contribution in [3.63, 3.8) is 0 Å². The zero-order valence-electron chi connectivity index (χ0n) is 13.7. The highest BCUT2D eigenvalue weighted by Crippen LogP contribution is 2.36. The van der Waals surface area contributed by atoms with Gasteiger partial charge in [-0.2, -0.15) is 0 Å². The van der Waals surface area contributed by atoms with Crippen molar-refractivity contribution in [3.8, 4) is 0 Å². The van der Waals surface area contributed by atoms with Crippen molar-refractivity contribution in [3.05, 3.63) is 0 Å². The lowest BCUT2D eigenvalue weighted by Gasteiger charge is -2.43. The Morgan fingerprint density at radius 3 is 2.32 bits per heavy atom. The van der Waals surface area contributed by atoms with Crippen LogP contribution in [0.1, 0.15) is 53.4 Å². The molecular formula is C17H34N2. The van der Waals surface area contributed by atoms with Gasteiger partial charge in [0.05, 0.1) is 0 Å². The molecule has 2 rings (SSSR count). The van der Waals surface area contributed by atoms with Crippen molar-refractivity contribution in [2.24, 2.45) is 23.7 Å². The fourth-order valence-corrected chi connectivity index (χ4v) is 3.95. The van der Waals surface area contributed by atoms with Crippen molar-refractivity contribution in [2.75, 3.05) is 20.1 Å². The van der Waals surface area contributed by atoms with Gasteiger partial charge in [-0.3, -0.25) is 0 Å². The molecule has 0 saturated heterocycles. The van der Waals surface area contributed by atoms with E-state index >= 15 is 0 Å². The Labute approximate surface area is 120 Å². The van der Waals surface area contributed by atoms with Crippen LogP contribution in [0.4, 0.5) is 0 Å². The molecule has 19 heavy (non-hydrogen) atoms. The third-order valence-corrected chi connectivity index (χ3v) is 5.41. The fourth-order valence-electron chi connectivity index (χ4n) is 3.95. The number of rotatable bonds is 6. The quantitative estimate of drug-likeness (QED) is 0.793. The topological polar surface area (TPSA) is 15.3 Å². The minimum atomic E-state index is 0.699. The third-order valence-electron chi connectivity index (χ3n) is 5.41. The minimum absolute atomic E-state index is 0.699. The van der Waals surface area contributed by atoms with Crippen LogP contribution in [0.3, 0.4) is 0 Å². The number of hydrogen-bond donors (Lipinski definition) is 1. The van der Waals surface area contributed by atoms with Crippen molar-refractivity contribution < 1.29 is 0 Å². The highest BCUT2D eigenvalue weighted by Gasteiger charge is 2.35. The molecule has 1 N–H and O–H groups in total. The van der Waals surface area contributed by atoms with E-state index in [4.69, 9.17) is 0 Å². The maximum absolute atomic E-state index is 3.60. The van der Waals surface area contributed by atoms with Gasteiger partial charge in [0.1, 0.15) is 0 Å². The highest BCUT2D eigenvalue weighted by atomic mass is 15.2. The number of nitrogens with zero attached hydrogens (tertiary/aromatic N) is 1. The standard InChI is InChI=1S/C17H34N2/c1-12(2)19(10-15-6-7-15)11-16-14(4)8-13(3)9-17(16)18-5/h12-18H,6-11H2,1-5H3. The Morgan fingerprint density at radius 2 is 1.79 bits per heavy atom. The lowest BCUT2D eigenvalue weighted by Crippen LogP contribution is -2.49. The molecule has 2 saturated carbocycles. The molecule has 2 fully saturated rings. The van der Waals surface area contributed by atoms with Gasteiger partial charge in [0.15, 0.2) is 0 Å². The second-order valence-electron chi connectivity index (χ2n) is 7.60. The second-order valence-corrected chi connectivity index (χ2v) is 7.60. The first-order chi connectivity index (χ1) is 9.01. The summed E-state index contributed by atoms with van der Waals surface area (Å²) >= 11 is 0. The van der Waals surface area contributed by atoms with Crippen LogP contribution in [-0.2, 0) is 0 Å². The summed E-state index contributed by atoms with van der Waals surface area (Å²) in [6, 6.07) is 1.42. The molecule has 2 heteroatoms. The van der Waals surface area contributed by atoms with Crippen LogP contribution < -0.4 is 5.32 Å². The lowest BCUT2D eigenvalue weighted by atomic mass is 9.72. The maximum Gasteiger partial charge on any atom is 0.0110 e. The van der Waals surface area contributed by atoms with Gasteiger partial charge in [-0.1, -0.05) is 13.8 Å². The molecule has 0 aromatic heterocycles. The van der Waals surface area contributed by atoms with Gasteiger partial charge >= 0.3 is 0 Å². The summed E-state index contributed by atoms with van der Waals surface area (Å²) in [7, 11) is 2.16. The van der Waals surface area contributed by atoms with E-state index in [-0.39, 0.29) is 0 Å². The van der Waals surface area contributed by atoms with Crippen molar-refractivity contribution in [2.45, 2.75) is 65.5 Å². The third kappa shape index (κ3) is 4.19. The van der Waals surface area contributed by atoms with Crippen LogP contribution in [-0.4, -0.2) is 37.1 Å². The zero-order chi connectivity index (χ0) is 14.0. The molecule has 2 aliphatic carbocycles. The summed E-state index contributed by atoms with van der Waals surface area (Å²) < 4.78 is 0. The van der Waals surface area contributed by atoms with Crippen molar-refractivity contribution in [1.29, 1.82) is 0 Å². The molecule has 0 aromatic carbocycles. The smallest absolute Gasteiger partial charge is 0.0110 e. The van der Waals surface area contributed by atoms with Crippen LogP contribution in [0.25, 0.3) is 0 Å². The molecule has 4 atom stereocenters. The lowest BCUT2D eigenvalue weighted by molar-refractivity contribution is 0.0872. The molecule has 4 unspecified atom stereocenters. The van der Waals surface area contributed by atoms with Gasteiger partial charge in [-0.05, 0) is 70.3 Å². The Bertz CT molecular complexity index is 272. The average Bonchev–Trinajstić information content (AvgIpc) is 3.14. The van der Waals surface area contributed by atoms with Crippen LogP contribution in [0, 0.1) is 23.7 Å². The van der Waals surface area contributed by atoms with E-state index in [1.165, 1.54) is 38.8 Å². The molecule has 2 nitrogen and oxygen atoms in total. The van der Waals surface area contributed by atoms with Crippen LogP contribution in [0.15, 0.2) is 0 Å². The average molecular weight is 266 g/mol. The number of nitrogens with one attached hydrogen (secondary N) is 1. The van der Waals surface area contributed by atoms with Gasteiger partial charge in [0.2, 0.25) is 0 Å². The molecule has 2 aliphatic rings. The van der Waals surface area contributed by atoms with Gasteiger partial charge in [0, 0.05) is 25.2 Å². The Hall–Kier alpha value is -0.0800.